The number of rotatable bonds is 3. The molecule has 2 amide bonds. The molecular weight excluding hydrogens is 316 g/mol. The number of benzene rings is 2. The SMILES string of the molecule is CC.COc1cc2c(cc1OC)CN(C(=O)Nc1ccccc1)CC2. The maximum absolute atomic E-state index is 12.4. The molecular formula is C20H26N2O3. The van der Waals surface area contributed by atoms with E-state index < -0.39 is 0 Å². The number of amides is 2. The van der Waals surface area contributed by atoms with Crippen LogP contribution in [0.3, 0.4) is 0 Å². The van der Waals surface area contributed by atoms with Gasteiger partial charge in [0.05, 0.1) is 14.2 Å². The van der Waals surface area contributed by atoms with Crippen molar-refractivity contribution in [1.82, 2.24) is 4.90 Å². The zero-order valence-electron chi connectivity index (χ0n) is 15.3. The third-order valence-corrected chi connectivity index (χ3v) is 4.03. The van der Waals surface area contributed by atoms with Crippen LogP contribution in [0.4, 0.5) is 10.5 Å². The van der Waals surface area contributed by atoms with Gasteiger partial charge in [-0.3, -0.25) is 0 Å². The highest BCUT2D eigenvalue weighted by Gasteiger charge is 2.22. The van der Waals surface area contributed by atoms with Gasteiger partial charge in [0.2, 0.25) is 0 Å². The molecule has 2 aromatic rings. The molecule has 2 aromatic carbocycles. The number of nitrogens with zero attached hydrogens (tertiary/aromatic N) is 1. The Labute approximate surface area is 149 Å². The summed E-state index contributed by atoms with van der Waals surface area (Å²) in [6, 6.07) is 13.4. The number of hydrogen-bond donors (Lipinski definition) is 1. The summed E-state index contributed by atoms with van der Waals surface area (Å²) in [5, 5.41) is 2.92. The van der Waals surface area contributed by atoms with Crippen molar-refractivity contribution in [1.29, 1.82) is 0 Å². The lowest BCUT2D eigenvalue weighted by molar-refractivity contribution is 0.206. The minimum atomic E-state index is -0.0864. The monoisotopic (exact) mass is 342 g/mol. The zero-order chi connectivity index (χ0) is 18.2. The van der Waals surface area contributed by atoms with Gasteiger partial charge in [-0.15, -0.1) is 0 Å². The number of carbonyl (C=O) groups is 1. The first-order valence-corrected chi connectivity index (χ1v) is 8.56. The molecule has 0 aromatic heterocycles. The quantitative estimate of drug-likeness (QED) is 0.904. The van der Waals surface area contributed by atoms with Crippen molar-refractivity contribution in [2.75, 3.05) is 26.1 Å². The molecule has 0 fully saturated rings. The molecule has 134 valence electrons. The summed E-state index contributed by atoms with van der Waals surface area (Å²) in [5.74, 6) is 1.42. The van der Waals surface area contributed by atoms with Crippen LogP contribution in [0.25, 0.3) is 0 Å². The number of anilines is 1. The second kappa shape index (κ2) is 8.97. The Balaban J connectivity index is 0.00000109. The van der Waals surface area contributed by atoms with Gasteiger partial charge in [0.25, 0.3) is 0 Å². The van der Waals surface area contributed by atoms with Crippen molar-refractivity contribution in [2.45, 2.75) is 26.8 Å². The summed E-state index contributed by atoms with van der Waals surface area (Å²) < 4.78 is 10.7. The van der Waals surface area contributed by atoms with Gasteiger partial charge in [0.15, 0.2) is 11.5 Å². The number of fused-ring (bicyclic) bond motifs is 1. The van der Waals surface area contributed by atoms with Crippen molar-refractivity contribution >= 4 is 11.7 Å². The smallest absolute Gasteiger partial charge is 0.322 e. The maximum Gasteiger partial charge on any atom is 0.322 e. The van der Waals surface area contributed by atoms with Crippen LogP contribution in [0.15, 0.2) is 42.5 Å². The molecule has 0 saturated carbocycles. The largest absolute Gasteiger partial charge is 0.493 e. The predicted molar refractivity (Wildman–Crippen MR) is 100 cm³/mol. The highest BCUT2D eigenvalue weighted by Crippen LogP contribution is 2.33. The van der Waals surface area contributed by atoms with Gasteiger partial charge in [-0.25, -0.2) is 4.79 Å². The fourth-order valence-electron chi connectivity index (χ4n) is 2.78. The molecule has 3 rings (SSSR count). The van der Waals surface area contributed by atoms with E-state index in [1.54, 1.807) is 19.1 Å². The Morgan fingerprint density at radius 1 is 1.00 bits per heavy atom. The molecule has 1 N–H and O–H groups in total. The Morgan fingerprint density at radius 3 is 2.20 bits per heavy atom. The number of carbonyl (C=O) groups excluding carboxylic acids is 1. The normalized spacial score (nSPS) is 12.4. The standard InChI is InChI=1S/C18H20N2O3.C2H6/c1-22-16-10-13-8-9-20(12-14(13)11-17(16)23-2)18(21)19-15-6-4-3-5-7-15;1-2/h3-7,10-11H,8-9,12H2,1-2H3,(H,19,21);1-2H3. The van der Waals surface area contributed by atoms with Gasteiger partial charge < -0.3 is 19.7 Å². The van der Waals surface area contributed by atoms with E-state index >= 15 is 0 Å². The fourth-order valence-corrected chi connectivity index (χ4v) is 2.78. The molecule has 0 unspecified atom stereocenters. The number of methoxy groups -OCH3 is 2. The third-order valence-electron chi connectivity index (χ3n) is 4.03. The van der Waals surface area contributed by atoms with E-state index in [0.717, 1.165) is 23.4 Å². The van der Waals surface area contributed by atoms with Crippen LogP contribution in [0, 0.1) is 0 Å². The molecule has 0 spiro atoms. The van der Waals surface area contributed by atoms with E-state index in [0.29, 0.717) is 18.8 Å². The predicted octanol–water partition coefficient (Wildman–Crippen LogP) is 4.32. The van der Waals surface area contributed by atoms with Gasteiger partial charge in [0.1, 0.15) is 0 Å². The van der Waals surface area contributed by atoms with E-state index in [1.807, 2.05) is 56.3 Å². The van der Waals surface area contributed by atoms with Crippen molar-refractivity contribution in [3.63, 3.8) is 0 Å². The Hall–Kier alpha value is -2.69. The molecule has 1 heterocycles. The Morgan fingerprint density at radius 2 is 1.60 bits per heavy atom. The molecule has 25 heavy (non-hydrogen) atoms. The van der Waals surface area contributed by atoms with Gasteiger partial charge >= 0.3 is 6.03 Å². The summed E-state index contributed by atoms with van der Waals surface area (Å²) in [7, 11) is 3.25. The summed E-state index contributed by atoms with van der Waals surface area (Å²) in [6.07, 6.45) is 0.803. The second-order valence-electron chi connectivity index (χ2n) is 5.44. The van der Waals surface area contributed by atoms with Crippen molar-refractivity contribution < 1.29 is 14.3 Å². The molecule has 5 heteroatoms. The molecule has 0 bridgehead atoms. The van der Waals surface area contributed by atoms with Crippen LogP contribution in [0.5, 0.6) is 11.5 Å². The first-order chi connectivity index (χ1) is 12.2. The number of hydrogen-bond acceptors (Lipinski definition) is 3. The highest BCUT2D eigenvalue weighted by atomic mass is 16.5. The topological polar surface area (TPSA) is 50.8 Å². The van der Waals surface area contributed by atoms with E-state index in [1.165, 1.54) is 5.56 Å². The molecule has 0 atom stereocenters. The number of ether oxygens (including phenoxy) is 2. The number of nitrogens with one attached hydrogen (secondary N) is 1. The van der Waals surface area contributed by atoms with Gasteiger partial charge in [-0.05, 0) is 41.8 Å². The molecule has 0 radical (unpaired) electrons. The summed E-state index contributed by atoms with van der Waals surface area (Å²) in [6.45, 7) is 5.25. The zero-order valence-corrected chi connectivity index (χ0v) is 15.3. The number of para-hydroxylation sites is 1. The van der Waals surface area contributed by atoms with E-state index in [9.17, 15) is 4.79 Å². The second-order valence-corrected chi connectivity index (χ2v) is 5.44. The van der Waals surface area contributed by atoms with Crippen LogP contribution in [0.1, 0.15) is 25.0 Å². The summed E-state index contributed by atoms with van der Waals surface area (Å²) in [5.41, 5.74) is 3.10. The number of urea groups is 1. The first-order valence-electron chi connectivity index (χ1n) is 8.56. The highest BCUT2D eigenvalue weighted by molar-refractivity contribution is 5.89. The maximum atomic E-state index is 12.4. The van der Waals surface area contributed by atoms with Gasteiger partial charge in [-0.2, -0.15) is 0 Å². The molecule has 1 aliphatic heterocycles. The minimum Gasteiger partial charge on any atom is -0.493 e. The van der Waals surface area contributed by atoms with E-state index in [-0.39, 0.29) is 6.03 Å². The Kier molecular flexibility index (Phi) is 6.69. The third kappa shape index (κ3) is 4.44. The van der Waals surface area contributed by atoms with Gasteiger partial charge in [-0.1, -0.05) is 32.0 Å². The van der Waals surface area contributed by atoms with Crippen molar-refractivity contribution in [3.05, 3.63) is 53.6 Å². The van der Waals surface area contributed by atoms with Gasteiger partial charge in [0, 0.05) is 18.8 Å². The van der Waals surface area contributed by atoms with Crippen molar-refractivity contribution in [3.8, 4) is 11.5 Å². The summed E-state index contributed by atoms with van der Waals surface area (Å²) >= 11 is 0. The van der Waals surface area contributed by atoms with Crippen molar-refractivity contribution in [2.24, 2.45) is 0 Å². The van der Waals surface area contributed by atoms with Crippen LogP contribution >= 0.6 is 0 Å². The van der Waals surface area contributed by atoms with Crippen LogP contribution in [0.2, 0.25) is 0 Å². The van der Waals surface area contributed by atoms with Crippen LogP contribution in [-0.2, 0) is 13.0 Å². The van der Waals surface area contributed by atoms with Crippen LogP contribution < -0.4 is 14.8 Å². The average molecular weight is 342 g/mol. The fraction of sp³-hybridized carbons (Fsp3) is 0.350. The van der Waals surface area contributed by atoms with Crippen LogP contribution in [-0.4, -0.2) is 31.7 Å². The average Bonchev–Trinajstić information content (AvgIpc) is 2.68. The lowest BCUT2D eigenvalue weighted by Gasteiger charge is -2.29. The summed E-state index contributed by atoms with van der Waals surface area (Å²) in [4.78, 5) is 14.2. The van der Waals surface area contributed by atoms with E-state index in [4.69, 9.17) is 9.47 Å². The molecule has 5 nitrogen and oxygen atoms in total. The Bertz CT molecular complexity index is 702. The molecule has 1 aliphatic rings. The molecule has 0 saturated heterocycles. The molecule has 0 aliphatic carbocycles. The van der Waals surface area contributed by atoms with E-state index in [2.05, 4.69) is 5.32 Å². The lowest BCUT2D eigenvalue weighted by atomic mass is 9.99. The lowest BCUT2D eigenvalue weighted by Crippen LogP contribution is -2.38. The first kappa shape index (κ1) is 18.6. The minimum absolute atomic E-state index is 0.0864.